The standard InChI is InChI=1S/C15H24N4/c1-14(2)10-7-8-15(3,9-10)13(14)18-11-5-4-6-12(17-11)19-16/h4-6,10,13H,7-9,16H2,1-3H3,(H2,17,18,19). The van der Waals surface area contributed by atoms with Crippen molar-refractivity contribution in [2.75, 3.05) is 10.7 Å². The van der Waals surface area contributed by atoms with E-state index in [1.165, 1.54) is 19.3 Å². The first-order chi connectivity index (χ1) is 8.95. The van der Waals surface area contributed by atoms with Crippen LogP contribution in [0.4, 0.5) is 11.6 Å². The largest absolute Gasteiger partial charge is 0.366 e. The van der Waals surface area contributed by atoms with Crippen molar-refractivity contribution in [3.63, 3.8) is 0 Å². The molecule has 1 aromatic rings. The molecule has 4 heteroatoms. The summed E-state index contributed by atoms with van der Waals surface area (Å²) < 4.78 is 0. The zero-order chi connectivity index (χ0) is 13.7. The Kier molecular flexibility index (Phi) is 2.75. The van der Waals surface area contributed by atoms with E-state index in [2.05, 4.69) is 36.5 Å². The summed E-state index contributed by atoms with van der Waals surface area (Å²) in [5.41, 5.74) is 3.34. The third-order valence-corrected chi connectivity index (χ3v) is 5.46. The Bertz CT molecular complexity index is 480. The number of aromatic nitrogens is 1. The molecule has 0 radical (unpaired) electrons. The molecule has 3 rings (SSSR count). The van der Waals surface area contributed by atoms with Gasteiger partial charge in [0.05, 0.1) is 0 Å². The molecule has 2 aliphatic rings. The van der Waals surface area contributed by atoms with E-state index in [4.69, 9.17) is 5.84 Å². The van der Waals surface area contributed by atoms with Gasteiger partial charge in [-0.1, -0.05) is 26.8 Å². The van der Waals surface area contributed by atoms with E-state index >= 15 is 0 Å². The van der Waals surface area contributed by atoms with E-state index in [1.54, 1.807) is 0 Å². The average molecular weight is 260 g/mol. The summed E-state index contributed by atoms with van der Waals surface area (Å²) >= 11 is 0. The molecule has 104 valence electrons. The van der Waals surface area contributed by atoms with E-state index in [0.717, 1.165) is 11.7 Å². The number of nitrogens with two attached hydrogens (primary N) is 1. The fourth-order valence-corrected chi connectivity index (χ4v) is 4.41. The van der Waals surface area contributed by atoms with Crippen LogP contribution in [0.1, 0.15) is 40.0 Å². The molecule has 19 heavy (non-hydrogen) atoms. The first-order valence-corrected chi connectivity index (χ1v) is 7.16. The van der Waals surface area contributed by atoms with Crippen molar-refractivity contribution in [3.05, 3.63) is 18.2 Å². The van der Waals surface area contributed by atoms with Gasteiger partial charge in [0.15, 0.2) is 0 Å². The van der Waals surface area contributed by atoms with Crippen molar-refractivity contribution in [3.8, 4) is 0 Å². The highest BCUT2D eigenvalue weighted by Gasteiger charge is 2.59. The summed E-state index contributed by atoms with van der Waals surface area (Å²) in [5.74, 6) is 7.89. The van der Waals surface area contributed by atoms with Gasteiger partial charge in [-0.15, -0.1) is 0 Å². The molecule has 0 saturated heterocycles. The smallest absolute Gasteiger partial charge is 0.142 e. The highest BCUT2D eigenvalue weighted by Crippen LogP contribution is 2.63. The van der Waals surface area contributed by atoms with Gasteiger partial charge in [0, 0.05) is 6.04 Å². The molecule has 0 amide bonds. The predicted molar refractivity (Wildman–Crippen MR) is 78.7 cm³/mol. The molecule has 3 atom stereocenters. The van der Waals surface area contributed by atoms with E-state index in [9.17, 15) is 0 Å². The lowest BCUT2D eigenvalue weighted by Gasteiger charge is -2.43. The third kappa shape index (κ3) is 1.89. The van der Waals surface area contributed by atoms with Crippen LogP contribution < -0.4 is 16.6 Å². The highest BCUT2D eigenvalue weighted by atomic mass is 15.3. The summed E-state index contributed by atoms with van der Waals surface area (Å²) in [6.07, 6.45) is 4.04. The van der Waals surface area contributed by atoms with Gasteiger partial charge in [-0.3, -0.25) is 0 Å². The van der Waals surface area contributed by atoms with Crippen molar-refractivity contribution >= 4 is 11.6 Å². The molecule has 3 unspecified atom stereocenters. The average Bonchev–Trinajstić information content (AvgIpc) is 2.86. The van der Waals surface area contributed by atoms with Crippen LogP contribution in [0.15, 0.2) is 18.2 Å². The fraction of sp³-hybridized carbons (Fsp3) is 0.667. The Morgan fingerprint density at radius 1 is 1.26 bits per heavy atom. The number of nitrogen functional groups attached to an aromatic ring is 1. The third-order valence-electron chi connectivity index (χ3n) is 5.46. The monoisotopic (exact) mass is 260 g/mol. The number of nitrogens with zero attached hydrogens (tertiary/aromatic N) is 1. The quantitative estimate of drug-likeness (QED) is 0.577. The second-order valence-electron chi connectivity index (χ2n) is 7.04. The lowest BCUT2D eigenvalue weighted by atomic mass is 9.68. The Balaban J connectivity index is 1.86. The van der Waals surface area contributed by atoms with Crippen molar-refractivity contribution in [2.24, 2.45) is 22.6 Å². The molecule has 2 bridgehead atoms. The minimum atomic E-state index is 0.334. The van der Waals surface area contributed by atoms with Crippen LogP contribution in [-0.2, 0) is 0 Å². The van der Waals surface area contributed by atoms with Gasteiger partial charge in [-0.05, 0) is 48.1 Å². The molecule has 0 aromatic carbocycles. The van der Waals surface area contributed by atoms with E-state index in [1.807, 2.05) is 18.2 Å². The van der Waals surface area contributed by atoms with Crippen molar-refractivity contribution in [2.45, 2.75) is 46.1 Å². The molecule has 4 N–H and O–H groups in total. The van der Waals surface area contributed by atoms with E-state index in [0.29, 0.717) is 22.7 Å². The van der Waals surface area contributed by atoms with Gasteiger partial charge in [-0.25, -0.2) is 10.8 Å². The second kappa shape index (κ2) is 4.10. The summed E-state index contributed by atoms with van der Waals surface area (Å²) in [6, 6.07) is 6.36. The predicted octanol–water partition coefficient (Wildman–Crippen LogP) is 2.99. The maximum atomic E-state index is 5.43. The van der Waals surface area contributed by atoms with Crippen LogP contribution in [-0.4, -0.2) is 11.0 Å². The molecular formula is C15H24N4. The number of nitrogens with one attached hydrogen (secondary N) is 2. The van der Waals surface area contributed by atoms with Gasteiger partial charge < -0.3 is 10.7 Å². The van der Waals surface area contributed by atoms with Crippen molar-refractivity contribution < 1.29 is 0 Å². The number of fused-ring (bicyclic) bond motifs is 2. The molecule has 2 fully saturated rings. The molecular weight excluding hydrogens is 236 g/mol. The summed E-state index contributed by atoms with van der Waals surface area (Å²) in [6.45, 7) is 7.21. The normalized spacial score (nSPS) is 35.4. The Morgan fingerprint density at radius 2 is 2.00 bits per heavy atom. The maximum Gasteiger partial charge on any atom is 0.142 e. The first kappa shape index (κ1) is 12.7. The fourth-order valence-electron chi connectivity index (χ4n) is 4.41. The topological polar surface area (TPSA) is 63.0 Å². The molecule has 4 nitrogen and oxygen atoms in total. The Hall–Kier alpha value is -1.29. The van der Waals surface area contributed by atoms with Crippen LogP contribution >= 0.6 is 0 Å². The zero-order valence-corrected chi connectivity index (χ0v) is 12.0. The van der Waals surface area contributed by atoms with Gasteiger partial charge >= 0.3 is 0 Å². The van der Waals surface area contributed by atoms with Crippen LogP contribution in [0.25, 0.3) is 0 Å². The van der Waals surface area contributed by atoms with Crippen LogP contribution in [0.2, 0.25) is 0 Å². The summed E-state index contributed by atoms with van der Waals surface area (Å²) in [4.78, 5) is 4.49. The minimum Gasteiger partial charge on any atom is -0.366 e. The Labute approximate surface area is 115 Å². The van der Waals surface area contributed by atoms with E-state index in [-0.39, 0.29) is 0 Å². The molecule has 0 spiro atoms. The lowest BCUT2D eigenvalue weighted by Crippen LogP contribution is -2.46. The van der Waals surface area contributed by atoms with Crippen LogP contribution in [0, 0.1) is 16.7 Å². The maximum absolute atomic E-state index is 5.43. The first-order valence-electron chi connectivity index (χ1n) is 7.16. The van der Waals surface area contributed by atoms with Crippen molar-refractivity contribution in [1.29, 1.82) is 0 Å². The molecule has 2 aliphatic carbocycles. The minimum absolute atomic E-state index is 0.334. The number of hydrazine groups is 1. The number of hydrogen-bond acceptors (Lipinski definition) is 4. The summed E-state index contributed by atoms with van der Waals surface area (Å²) in [5, 5.41) is 3.67. The number of anilines is 2. The summed E-state index contributed by atoms with van der Waals surface area (Å²) in [7, 11) is 0. The number of pyridine rings is 1. The number of rotatable bonds is 3. The van der Waals surface area contributed by atoms with Crippen molar-refractivity contribution in [1.82, 2.24) is 4.98 Å². The van der Waals surface area contributed by atoms with Gasteiger partial charge in [0.2, 0.25) is 0 Å². The second-order valence-corrected chi connectivity index (χ2v) is 7.04. The molecule has 2 saturated carbocycles. The highest BCUT2D eigenvalue weighted by molar-refractivity contribution is 5.46. The van der Waals surface area contributed by atoms with Gasteiger partial charge in [0.1, 0.15) is 11.6 Å². The Morgan fingerprint density at radius 3 is 2.63 bits per heavy atom. The molecule has 1 aromatic heterocycles. The van der Waals surface area contributed by atoms with Crippen LogP contribution in [0.5, 0.6) is 0 Å². The van der Waals surface area contributed by atoms with Crippen LogP contribution in [0.3, 0.4) is 0 Å². The lowest BCUT2D eigenvalue weighted by molar-refractivity contribution is 0.155. The molecule has 0 aliphatic heterocycles. The van der Waals surface area contributed by atoms with E-state index < -0.39 is 0 Å². The number of hydrogen-bond donors (Lipinski definition) is 3. The van der Waals surface area contributed by atoms with Gasteiger partial charge in [0.25, 0.3) is 0 Å². The SMILES string of the molecule is CC12CCC(C1)C(C)(C)C2Nc1cccc(NN)n1. The molecule has 1 heterocycles. The zero-order valence-electron chi connectivity index (χ0n) is 12.0. The van der Waals surface area contributed by atoms with Gasteiger partial charge in [-0.2, -0.15) is 0 Å².